The van der Waals surface area contributed by atoms with Crippen molar-refractivity contribution in [3.63, 3.8) is 0 Å². The number of ether oxygens (including phenoxy) is 1. The fraction of sp³-hybridized carbons (Fsp3) is 0.600. The molecule has 1 heterocycles. The van der Waals surface area contributed by atoms with Gasteiger partial charge in [0.25, 0.3) is 0 Å². The fourth-order valence-electron chi connectivity index (χ4n) is 2.61. The Labute approximate surface area is 113 Å². The van der Waals surface area contributed by atoms with Crippen molar-refractivity contribution in [2.45, 2.75) is 51.4 Å². The van der Waals surface area contributed by atoms with Crippen LogP contribution in [0.2, 0.25) is 0 Å². The largest absolute Gasteiger partial charge is 0.373 e. The van der Waals surface area contributed by atoms with E-state index in [4.69, 9.17) is 4.74 Å². The molecule has 1 aliphatic rings. The van der Waals surface area contributed by atoms with E-state index in [0.29, 0.717) is 6.54 Å². The highest BCUT2D eigenvalue weighted by Crippen LogP contribution is 2.32. The Bertz CT molecular complexity index is 404. The molecule has 2 rings (SSSR count). The maximum Gasteiger partial charge on any atom is 0.131 e. The standard InChI is InChI=1S/C15H21F2NO/c1-3-9-18-15(13-8-7-10(2)19-13)14-11(16)5-4-6-12(14)17/h4-6,10,13,15,18H,3,7-9H2,1-2H3. The average molecular weight is 269 g/mol. The first-order valence-corrected chi connectivity index (χ1v) is 6.96. The summed E-state index contributed by atoms with van der Waals surface area (Å²) in [6, 6.07) is 3.59. The van der Waals surface area contributed by atoms with Gasteiger partial charge in [-0.15, -0.1) is 0 Å². The summed E-state index contributed by atoms with van der Waals surface area (Å²) >= 11 is 0. The highest BCUT2D eigenvalue weighted by atomic mass is 19.1. The van der Waals surface area contributed by atoms with Gasteiger partial charge in [0.15, 0.2) is 0 Å². The molecule has 1 aromatic rings. The lowest BCUT2D eigenvalue weighted by atomic mass is 9.97. The van der Waals surface area contributed by atoms with Crippen LogP contribution in [0, 0.1) is 11.6 Å². The lowest BCUT2D eigenvalue weighted by molar-refractivity contribution is 0.0300. The molecule has 2 nitrogen and oxygen atoms in total. The van der Waals surface area contributed by atoms with E-state index in [9.17, 15) is 8.78 Å². The molecule has 19 heavy (non-hydrogen) atoms. The SMILES string of the molecule is CCCNC(c1c(F)cccc1F)C1CCC(C)O1. The van der Waals surface area contributed by atoms with Gasteiger partial charge >= 0.3 is 0 Å². The fourth-order valence-corrected chi connectivity index (χ4v) is 2.61. The average Bonchev–Trinajstić information content (AvgIpc) is 2.79. The van der Waals surface area contributed by atoms with Crippen molar-refractivity contribution in [1.82, 2.24) is 5.32 Å². The summed E-state index contributed by atoms with van der Waals surface area (Å²) in [5, 5.41) is 3.22. The van der Waals surface area contributed by atoms with Crippen LogP contribution in [0.5, 0.6) is 0 Å². The van der Waals surface area contributed by atoms with Crippen LogP contribution in [0.3, 0.4) is 0 Å². The summed E-state index contributed by atoms with van der Waals surface area (Å²) in [4.78, 5) is 0. The molecule has 3 unspecified atom stereocenters. The molecule has 106 valence electrons. The molecule has 0 bridgehead atoms. The third kappa shape index (κ3) is 3.31. The Morgan fingerprint density at radius 1 is 1.32 bits per heavy atom. The van der Waals surface area contributed by atoms with E-state index in [1.54, 1.807) is 0 Å². The summed E-state index contributed by atoms with van der Waals surface area (Å²) in [5.41, 5.74) is 0.107. The Kier molecular flexibility index (Phi) is 4.88. The Balaban J connectivity index is 2.26. The second-order valence-corrected chi connectivity index (χ2v) is 5.13. The first kappa shape index (κ1) is 14.4. The van der Waals surface area contributed by atoms with E-state index in [0.717, 1.165) is 19.3 Å². The van der Waals surface area contributed by atoms with Crippen LogP contribution >= 0.6 is 0 Å². The van der Waals surface area contributed by atoms with Crippen LogP contribution < -0.4 is 5.32 Å². The van der Waals surface area contributed by atoms with Crippen LogP contribution in [-0.4, -0.2) is 18.8 Å². The van der Waals surface area contributed by atoms with Crippen LogP contribution in [0.4, 0.5) is 8.78 Å². The maximum absolute atomic E-state index is 13.9. The molecule has 0 aromatic heterocycles. The first-order chi connectivity index (χ1) is 9.13. The molecule has 0 radical (unpaired) electrons. The van der Waals surface area contributed by atoms with Crippen molar-refractivity contribution in [1.29, 1.82) is 0 Å². The second kappa shape index (κ2) is 6.44. The molecule has 0 amide bonds. The Hall–Kier alpha value is -1.00. The van der Waals surface area contributed by atoms with Gasteiger partial charge in [-0.25, -0.2) is 8.78 Å². The predicted octanol–water partition coefficient (Wildman–Crippen LogP) is 3.57. The third-order valence-corrected chi connectivity index (χ3v) is 3.56. The topological polar surface area (TPSA) is 21.3 Å². The van der Waals surface area contributed by atoms with Gasteiger partial charge < -0.3 is 10.1 Å². The van der Waals surface area contributed by atoms with E-state index in [1.807, 2.05) is 13.8 Å². The maximum atomic E-state index is 13.9. The van der Waals surface area contributed by atoms with Gasteiger partial charge in [-0.2, -0.15) is 0 Å². The van der Waals surface area contributed by atoms with Gasteiger partial charge in [-0.1, -0.05) is 13.0 Å². The highest BCUT2D eigenvalue weighted by Gasteiger charge is 2.33. The van der Waals surface area contributed by atoms with E-state index in [1.165, 1.54) is 18.2 Å². The molecule has 0 saturated carbocycles. The minimum Gasteiger partial charge on any atom is -0.373 e. The molecule has 1 saturated heterocycles. The van der Waals surface area contributed by atoms with E-state index in [2.05, 4.69) is 5.32 Å². The number of rotatable bonds is 5. The lowest BCUT2D eigenvalue weighted by Gasteiger charge is -2.26. The molecular weight excluding hydrogens is 248 g/mol. The van der Waals surface area contributed by atoms with Gasteiger partial charge in [0.1, 0.15) is 11.6 Å². The zero-order chi connectivity index (χ0) is 13.8. The summed E-state index contributed by atoms with van der Waals surface area (Å²) in [7, 11) is 0. The van der Waals surface area contributed by atoms with Crippen molar-refractivity contribution < 1.29 is 13.5 Å². The summed E-state index contributed by atoms with van der Waals surface area (Å²) < 4.78 is 33.7. The number of hydrogen-bond acceptors (Lipinski definition) is 2. The lowest BCUT2D eigenvalue weighted by Crippen LogP contribution is -2.34. The molecule has 0 spiro atoms. The highest BCUT2D eigenvalue weighted by molar-refractivity contribution is 5.24. The first-order valence-electron chi connectivity index (χ1n) is 6.96. The van der Waals surface area contributed by atoms with Crippen molar-refractivity contribution in [2.75, 3.05) is 6.54 Å². The molecular formula is C15H21F2NO. The molecule has 1 N–H and O–H groups in total. The zero-order valence-electron chi connectivity index (χ0n) is 11.5. The quantitative estimate of drug-likeness (QED) is 0.882. The molecule has 0 aliphatic carbocycles. The van der Waals surface area contributed by atoms with Gasteiger partial charge in [0, 0.05) is 5.56 Å². The number of benzene rings is 1. The van der Waals surface area contributed by atoms with Gasteiger partial charge in [0.2, 0.25) is 0 Å². The van der Waals surface area contributed by atoms with Gasteiger partial charge in [-0.05, 0) is 44.9 Å². The second-order valence-electron chi connectivity index (χ2n) is 5.13. The Morgan fingerprint density at radius 2 is 2.00 bits per heavy atom. The van der Waals surface area contributed by atoms with E-state index < -0.39 is 17.7 Å². The molecule has 1 aromatic carbocycles. The third-order valence-electron chi connectivity index (χ3n) is 3.56. The number of halogens is 2. The summed E-state index contributed by atoms with van der Waals surface area (Å²) in [5.74, 6) is -1.01. The number of hydrogen-bond donors (Lipinski definition) is 1. The Morgan fingerprint density at radius 3 is 2.53 bits per heavy atom. The molecule has 1 aliphatic heterocycles. The van der Waals surface area contributed by atoms with Crippen LogP contribution in [-0.2, 0) is 4.74 Å². The summed E-state index contributed by atoms with van der Waals surface area (Å²) in [6.45, 7) is 4.74. The van der Waals surface area contributed by atoms with Crippen LogP contribution in [0.25, 0.3) is 0 Å². The normalized spacial score (nSPS) is 24.6. The van der Waals surface area contributed by atoms with E-state index >= 15 is 0 Å². The minimum atomic E-state index is -0.503. The number of nitrogens with one attached hydrogen (secondary N) is 1. The predicted molar refractivity (Wildman–Crippen MR) is 71.0 cm³/mol. The van der Waals surface area contributed by atoms with Gasteiger partial charge in [0.05, 0.1) is 18.2 Å². The van der Waals surface area contributed by atoms with Crippen LogP contribution in [0.1, 0.15) is 44.7 Å². The zero-order valence-corrected chi connectivity index (χ0v) is 11.5. The van der Waals surface area contributed by atoms with Crippen LogP contribution in [0.15, 0.2) is 18.2 Å². The summed E-state index contributed by atoms with van der Waals surface area (Å²) in [6.07, 6.45) is 2.68. The minimum absolute atomic E-state index is 0.107. The van der Waals surface area contributed by atoms with Crippen molar-refractivity contribution >= 4 is 0 Å². The smallest absolute Gasteiger partial charge is 0.131 e. The van der Waals surface area contributed by atoms with Crippen molar-refractivity contribution in [3.05, 3.63) is 35.4 Å². The van der Waals surface area contributed by atoms with Crippen molar-refractivity contribution in [2.24, 2.45) is 0 Å². The molecule has 1 fully saturated rings. The molecule has 4 heteroatoms. The van der Waals surface area contributed by atoms with Gasteiger partial charge in [-0.3, -0.25) is 0 Å². The monoisotopic (exact) mass is 269 g/mol. The van der Waals surface area contributed by atoms with E-state index in [-0.39, 0.29) is 17.8 Å². The van der Waals surface area contributed by atoms with Crippen molar-refractivity contribution in [3.8, 4) is 0 Å². The molecule has 3 atom stereocenters.